The van der Waals surface area contributed by atoms with Crippen molar-refractivity contribution in [1.29, 1.82) is 0 Å². The molecule has 2 aromatic rings. The lowest BCUT2D eigenvalue weighted by Gasteiger charge is -2.28. The van der Waals surface area contributed by atoms with Crippen molar-refractivity contribution in [2.45, 2.75) is 13.0 Å². The maximum atomic E-state index is 12.2. The van der Waals surface area contributed by atoms with Gasteiger partial charge in [0.05, 0.1) is 0 Å². The summed E-state index contributed by atoms with van der Waals surface area (Å²) in [6, 6.07) is 11.7. The zero-order chi connectivity index (χ0) is 12.4. The summed E-state index contributed by atoms with van der Waals surface area (Å²) in [4.78, 5) is 14.1. The molecule has 0 radical (unpaired) electrons. The molecule has 0 bridgehead atoms. The molecule has 4 nitrogen and oxygen atoms in total. The second-order valence-corrected chi connectivity index (χ2v) is 4.35. The molecule has 0 atom stereocenters. The molecule has 0 aliphatic carbocycles. The second-order valence-electron chi connectivity index (χ2n) is 4.35. The smallest absolute Gasteiger partial charge is 0.274 e. The van der Waals surface area contributed by atoms with Crippen LogP contribution in [0.4, 0.5) is 0 Å². The Bertz CT molecular complexity index is 568. The van der Waals surface area contributed by atoms with Crippen LogP contribution in [0.5, 0.6) is 0 Å². The van der Waals surface area contributed by atoms with E-state index in [0.29, 0.717) is 12.2 Å². The average Bonchev–Trinajstić information content (AvgIpc) is 2.47. The number of hydrogen-bond acceptors (Lipinski definition) is 3. The fraction of sp³-hybridized carbons (Fsp3) is 0.214. The van der Waals surface area contributed by atoms with E-state index >= 15 is 0 Å². The maximum Gasteiger partial charge on any atom is 0.274 e. The highest BCUT2D eigenvalue weighted by Crippen LogP contribution is 2.19. The lowest BCUT2D eigenvalue weighted by molar-refractivity contribution is 0.0727. The van der Waals surface area contributed by atoms with Gasteiger partial charge in [-0.3, -0.25) is 4.79 Å². The van der Waals surface area contributed by atoms with E-state index in [0.717, 1.165) is 13.0 Å². The first kappa shape index (κ1) is 10.9. The minimum Gasteiger partial charge on any atom is -0.333 e. The number of fused-ring (bicyclic) bond motifs is 1. The van der Waals surface area contributed by atoms with Crippen LogP contribution in [0.1, 0.15) is 21.6 Å². The average molecular weight is 239 g/mol. The summed E-state index contributed by atoms with van der Waals surface area (Å²) in [5, 5.41) is 7.62. The van der Waals surface area contributed by atoms with E-state index in [-0.39, 0.29) is 5.91 Å². The Hall–Kier alpha value is -2.23. The van der Waals surface area contributed by atoms with E-state index < -0.39 is 0 Å². The molecule has 4 heteroatoms. The molecule has 1 aliphatic rings. The lowest BCUT2D eigenvalue weighted by atomic mass is 10.00. The van der Waals surface area contributed by atoms with Crippen LogP contribution in [0, 0.1) is 0 Å². The molecule has 0 unspecified atom stereocenters. The van der Waals surface area contributed by atoms with E-state index in [4.69, 9.17) is 0 Å². The number of aromatic nitrogens is 2. The summed E-state index contributed by atoms with van der Waals surface area (Å²) in [7, 11) is 0. The van der Waals surface area contributed by atoms with Gasteiger partial charge in [0, 0.05) is 19.3 Å². The first-order valence-corrected chi connectivity index (χ1v) is 5.98. The van der Waals surface area contributed by atoms with Crippen molar-refractivity contribution < 1.29 is 4.79 Å². The zero-order valence-electron chi connectivity index (χ0n) is 9.91. The van der Waals surface area contributed by atoms with Crippen LogP contribution < -0.4 is 0 Å². The van der Waals surface area contributed by atoms with E-state index in [2.05, 4.69) is 22.3 Å². The van der Waals surface area contributed by atoms with Gasteiger partial charge in [0.15, 0.2) is 5.69 Å². The number of amides is 1. The van der Waals surface area contributed by atoms with Crippen molar-refractivity contribution in [1.82, 2.24) is 15.1 Å². The number of carbonyl (C=O) groups is 1. The van der Waals surface area contributed by atoms with Gasteiger partial charge in [0.1, 0.15) is 0 Å². The summed E-state index contributed by atoms with van der Waals surface area (Å²) in [5.74, 6) is -0.0439. The number of rotatable bonds is 1. The fourth-order valence-corrected chi connectivity index (χ4v) is 2.25. The Morgan fingerprint density at radius 3 is 2.72 bits per heavy atom. The van der Waals surface area contributed by atoms with Gasteiger partial charge in [-0.1, -0.05) is 24.3 Å². The monoisotopic (exact) mass is 239 g/mol. The summed E-state index contributed by atoms with van der Waals surface area (Å²) in [6.45, 7) is 1.40. The predicted molar refractivity (Wildman–Crippen MR) is 66.9 cm³/mol. The molecular formula is C14H13N3O. The Labute approximate surface area is 105 Å². The third-order valence-electron chi connectivity index (χ3n) is 3.21. The molecule has 0 fully saturated rings. The van der Waals surface area contributed by atoms with E-state index in [1.165, 1.54) is 11.1 Å². The van der Waals surface area contributed by atoms with Crippen LogP contribution in [0.3, 0.4) is 0 Å². The fourth-order valence-electron chi connectivity index (χ4n) is 2.25. The third kappa shape index (κ3) is 1.97. The summed E-state index contributed by atoms with van der Waals surface area (Å²) in [5.41, 5.74) is 2.97. The molecule has 90 valence electrons. The van der Waals surface area contributed by atoms with Gasteiger partial charge in [-0.25, -0.2) is 0 Å². The van der Waals surface area contributed by atoms with Gasteiger partial charge in [0.2, 0.25) is 0 Å². The van der Waals surface area contributed by atoms with Crippen LogP contribution in [0.15, 0.2) is 42.6 Å². The molecule has 0 saturated heterocycles. The predicted octanol–water partition coefficient (Wildman–Crippen LogP) is 1.68. The highest BCUT2D eigenvalue weighted by molar-refractivity contribution is 5.92. The number of benzene rings is 1. The summed E-state index contributed by atoms with van der Waals surface area (Å²) >= 11 is 0. The molecular weight excluding hydrogens is 226 g/mol. The van der Waals surface area contributed by atoms with Crippen LogP contribution in [-0.2, 0) is 13.0 Å². The van der Waals surface area contributed by atoms with Gasteiger partial charge < -0.3 is 4.90 Å². The topological polar surface area (TPSA) is 46.1 Å². The van der Waals surface area contributed by atoms with Crippen LogP contribution >= 0.6 is 0 Å². The van der Waals surface area contributed by atoms with E-state index in [1.807, 2.05) is 17.0 Å². The Kier molecular flexibility index (Phi) is 2.76. The summed E-state index contributed by atoms with van der Waals surface area (Å²) in [6.07, 6.45) is 2.48. The van der Waals surface area contributed by atoms with Crippen molar-refractivity contribution in [2.75, 3.05) is 6.54 Å². The van der Waals surface area contributed by atoms with Crippen molar-refractivity contribution in [3.63, 3.8) is 0 Å². The minimum absolute atomic E-state index is 0.0439. The van der Waals surface area contributed by atoms with Gasteiger partial charge >= 0.3 is 0 Å². The maximum absolute atomic E-state index is 12.2. The SMILES string of the molecule is O=C(c1cccnn1)N1CCc2ccccc2C1. The van der Waals surface area contributed by atoms with Gasteiger partial charge in [-0.2, -0.15) is 5.10 Å². The van der Waals surface area contributed by atoms with Crippen LogP contribution in [0.2, 0.25) is 0 Å². The van der Waals surface area contributed by atoms with Crippen LogP contribution in [-0.4, -0.2) is 27.5 Å². The van der Waals surface area contributed by atoms with E-state index in [1.54, 1.807) is 18.3 Å². The van der Waals surface area contributed by atoms with Crippen molar-refractivity contribution in [3.05, 3.63) is 59.4 Å². The molecule has 0 spiro atoms. The number of nitrogens with zero attached hydrogens (tertiary/aromatic N) is 3. The molecule has 0 N–H and O–H groups in total. The highest BCUT2D eigenvalue weighted by Gasteiger charge is 2.22. The van der Waals surface area contributed by atoms with Crippen molar-refractivity contribution >= 4 is 5.91 Å². The first-order chi connectivity index (χ1) is 8.84. The molecule has 2 heterocycles. The molecule has 1 aliphatic heterocycles. The molecule has 18 heavy (non-hydrogen) atoms. The quantitative estimate of drug-likeness (QED) is 0.760. The summed E-state index contributed by atoms with van der Waals surface area (Å²) < 4.78 is 0. The normalized spacial score (nSPS) is 14.1. The van der Waals surface area contributed by atoms with Crippen molar-refractivity contribution in [2.24, 2.45) is 0 Å². The second kappa shape index (κ2) is 4.56. The van der Waals surface area contributed by atoms with E-state index in [9.17, 15) is 4.79 Å². The number of carbonyl (C=O) groups excluding carboxylic acids is 1. The Balaban J connectivity index is 1.82. The molecule has 1 aromatic heterocycles. The molecule has 0 saturated carbocycles. The lowest BCUT2D eigenvalue weighted by Crippen LogP contribution is -2.36. The minimum atomic E-state index is -0.0439. The third-order valence-corrected chi connectivity index (χ3v) is 3.21. The first-order valence-electron chi connectivity index (χ1n) is 5.98. The largest absolute Gasteiger partial charge is 0.333 e. The molecule has 3 rings (SSSR count). The van der Waals surface area contributed by atoms with Crippen molar-refractivity contribution in [3.8, 4) is 0 Å². The molecule has 1 amide bonds. The zero-order valence-corrected chi connectivity index (χ0v) is 9.91. The standard InChI is InChI=1S/C14H13N3O/c18-14(13-6-3-8-15-16-13)17-9-7-11-4-1-2-5-12(11)10-17/h1-6,8H,7,9-10H2. The highest BCUT2D eigenvalue weighted by atomic mass is 16.2. The van der Waals surface area contributed by atoms with Crippen LogP contribution in [0.25, 0.3) is 0 Å². The van der Waals surface area contributed by atoms with Gasteiger partial charge in [-0.15, -0.1) is 5.10 Å². The Morgan fingerprint density at radius 1 is 1.11 bits per heavy atom. The van der Waals surface area contributed by atoms with Gasteiger partial charge in [-0.05, 0) is 29.7 Å². The molecule has 1 aromatic carbocycles. The Morgan fingerprint density at radius 2 is 1.94 bits per heavy atom. The van der Waals surface area contributed by atoms with Gasteiger partial charge in [0.25, 0.3) is 5.91 Å². The number of hydrogen-bond donors (Lipinski definition) is 0.